The summed E-state index contributed by atoms with van der Waals surface area (Å²) in [6.07, 6.45) is 0. The number of hydrogen-bond donors (Lipinski definition) is 0. The molecule has 0 atom stereocenters. The van der Waals surface area contributed by atoms with Crippen molar-refractivity contribution in [1.29, 1.82) is 5.26 Å². The molecule has 0 spiro atoms. The van der Waals surface area contributed by atoms with Gasteiger partial charge in [-0.1, -0.05) is 23.7 Å². The minimum absolute atomic E-state index is 0.0724. The first-order valence-corrected chi connectivity index (χ1v) is 7.84. The highest BCUT2D eigenvalue weighted by molar-refractivity contribution is 7.87. The minimum atomic E-state index is -3.99. The Balaban J connectivity index is 2.41. The number of benzene rings is 2. The molecule has 2 rings (SSSR count). The number of aryl methyl sites for hydroxylation is 1. The van der Waals surface area contributed by atoms with Crippen LogP contribution < -0.4 is 4.18 Å². The van der Waals surface area contributed by atoms with Crippen molar-refractivity contribution in [3.63, 3.8) is 0 Å². The molecular weight excluding hydrogens is 310 g/mol. The van der Waals surface area contributed by atoms with Crippen LogP contribution >= 0.6 is 11.6 Å². The van der Waals surface area contributed by atoms with Crippen LogP contribution in [0.15, 0.2) is 41.3 Å². The van der Waals surface area contributed by atoms with Crippen molar-refractivity contribution < 1.29 is 12.6 Å². The molecule has 6 heteroatoms. The van der Waals surface area contributed by atoms with Crippen molar-refractivity contribution in [2.45, 2.75) is 18.7 Å². The lowest BCUT2D eigenvalue weighted by molar-refractivity contribution is 0.484. The Morgan fingerprint density at radius 2 is 1.90 bits per heavy atom. The van der Waals surface area contributed by atoms with Crippen LogP contribution in [0.5, 0.6) is 5.75 Å². The molecule has 0 aliphatic heterocycles. The molecule has 0 fully saturated rings. The minimum Gasteiger partial charge on any atom is -0.379 e. The summed E-state index contributed by atoms with van der Waals surface area (Å²) in [5.41, 5.74) is 1.89. The van der Waals surface area contributed by atoms with Gasteiger partial charge >= 0.3 is 10.1 Å². The number of halogens is 1. The highest BCUT2D eigenvalue weighted by atomic mass is 35.5. The molecule has 0 heterocycles. The van der Waals surface area contributed by atoms with Crippen LogP contribution in [0.25, 0.3) is 0 Å². The molecule has 21 heavy (non-hydrogen) atoms. The molecule has 0 saturated carbocycles. The van der Waals surface area contributed by atoms with Gasteiger partial charge in [-0.15, -0.1) is 0 Å². The van der Waals surface area contributed by atoms with E-state index in [0.29, 0.717) is 0 Å². The van der Waals surface area contributed by atoms with Gasteiger partial charge in [-0.25, -0.2) is 0 Å². The fourth-order valence-corrected chi connectivity index (χ4v) is 3.02. The maximum atomic E-state index is 12.3. The first kappa shape index (κ1) is 15.4. The molecule has 2 aromatic rings. The Morgan fingerprint density at radius 1 is 1.19 bits per heavy atom. The topological polar surface area (TPSA) is 67.2 Å². The van der Waals surface area contributed by atoms with E-state index in [1.165, 1.54) is 18.2 Å². The molecule has 0 bridgehead atoms. The van der Waals surface area contributed by atoms with E-state index >= 15 is 0 Å². The average molecular weight is 322 g/mol. The monoisotopic (exact) mass is 321 g/mol. The van der Waals surface area contributed by atoms with Gasteiger partial charge in [0.05, 0.1) is 10.6 Å². The van der Waals surface area contributed by atoms with Gasteiger partial charge in [0.25, 0.3) is 0 Å². The zero-order chi connectivity index (χ0) is 15.6. The summed E-state index contributed by atoms with van der Waals surface area (Å²) in [6, 6.07) is 10.9. The molecule has 0 N–H and O–H groups in total. The van der Waals surface area contributed by atoms with Gasteiger partial charge in [-0.2, -0.15) is 13.7 Å². The van der Waals surface area contributed by atoms with E-state index in [-0.39, 0.29) is 21.2 Å². The van der Waals surface area contributed by atoms with Gasteiger partial charge in [-0.3, -0.25) is 0 Å². The lowest BCUT2D eigenvalue weighted by Crippen LogP contribution is -2.11. The van der Waals surface area contributed by atoms with Crippen molar-refractivity contribution in [3.05, 3.63) is 58.1 Å². The largest absolute Gasteiger partial charge is 0.379 e. The summed E-state index contributed by atoms with van der Waals surface area (Å²) in [4.78, 5) is -0.0904. The lowest BCUT2D eigenvalue weighted by atomic mass is 10.1. The van der Waals surface area contributed by atoms with Crippen LogP contribution in [0.4, 0.5) is 0 Å². The molecule has 0 radical (unpaired) electrons. The highest BCUT2D eigenvalue weighted by Gasteiger charge is 2.19. The zero-order valence-corrected chi connectivity index (χ0v) is 13.0. The summed E-state index contributed by atoms with van der Waals surface area (Å²) in [5, 5.41) is 8.87. The normalized spacial score (nSPS) is 11.0. The van der Waals surface area contributed by atoms with Gasteiger partial charge in [0.1, 0.15) is 16.7 Å². The van der Waals surface area contributed by atoms with Crippen LogP contribution in [-0.2, 0) is 10.1 Å². The van der Waals surface area contributed by atoms with E-state index in [1.54, 1.807) is 19.1 Å². The summed E-state index contributed by atoms with van der Waals surface area (Å²) in [7, 11) is -3.99. The van der Waals surface area contributed by atoms with E-state index in [0.717, 1.165) is 11.1 Å². The van der Waals surface area contributed by atoms with E-state index < -0.39 is 10.1 Å². The summed E-state index contributed by atoms with van der Waals surface area (Å²) < 4.78 is 29.7. The lowest BCUT2D eigenvalue weighted by Gasteiger charge is -2.11. The van der Waals surface area contributed by atoms with Crippen LogP contribution in [0.3, 0.4) is 0 Å². The van der Waals surface area contributed by atoms with Crippen molar-refractivity contribution in [3.8, 4) is 11.8 Å². The smallest absolute Gasteiger partial charge is 0.339 e. The highest BCUT2D eigenvalue weighted by Crippen LogP contribution is 2.26. The Bertz CT molecular complexity index is 838. The molecule has 4 nitrogen and oxygen atoms in total. The van der Waals surface area contributed by atoms with Crippen LogP contribution in [-0.4, -0.2) is 8.42 Å². The third kappa shape index (κ3) is 3.18. The molecular formula is C15H12ClNO3S. The Labute approximate surface area is 128 Å². The van der Waals surface area contributed by atoms with Crippen molar-refractivity contribution >= 4 is 21.7 Å². The molecule has 108 valence electrons. The Hall–Kier alpha value is -2.03. The van der Waals surface area contributed by atoms with E-state index in [2.05, 4.69) is 0 Å². The van der Waals surface area contributed by atoms with Crippen LogP contribution in [0.2, 0.25) is 5.02 Å². The summed E-state index contributed by atoms with van der Waals surface area (Å²) >= 11 is 5.85. The predicted molar refractivity (Wildman–Crippen MR) is 79.9 cm³/mol. The van der Waals surface area contributed by atoms with Crippen LogP contribution in [0.1, 0.15) is 16.7 Å². The van der Waals surface area contributed by atoms with E-state index in [4.69, 9.17) is 21.0 Å². The Morgan fingerprint density at radius 3 is 2.52 bits per heavy atom. The second-order valence-corrected chi connectivity index (χ2v) is 6.44. The molecule has 0 amide bonds. The third-order valence-corrected chi connectivity index (χ3v) is 4.65. The molecule has 0 aliphatic rings. The first-order chi connectivity index (χ1) is 9.85. The maximum Gasteiger partial charge on any atom is 0.339 e. The molecule has 2 aromatic carbocycles. The number of nitrogens with zero attached hydrogens (tertiary/aromatic N) is 1. The fraction of sp³-hybridized carbons (Fsp3) is 0.133. The summed E-state index contributed by atoms with van der Waals surface area (Å²) in [5.74, 6) is 0.274. The van der Waals surface area contributed by atoms with E-state index in [9.17, 15) is 8.42 Å². The molecule has 0 saturated heterocycles. The van der Waals surface area contributed by atoms with Gasteiger partial charge in [0, 0.05) is 0 Å². The van der Waals surface area contributed by atoms with Crippen LogP contribution in [0, 0.1) is 25.2 Å². The SMILES string of the molecule is Cc1cccc(OS(=O)(=O)c2ccc(C#N)c(Cl)c2)c1C. The van der Waals surface area contributed by atoms with Gasteiger partial charge in [0.15, 0.2) is 0 Å². The molecule has 0 aromatic heterocycles. The second kappa shape index (κ2) is 5.76. The molecule has 0 unspecified atom stereocenters. The van der Waals surface area contributed by atoms with Gasteiger partial charge in [0.2, 0.25) is 0 Å². The third-order valence-electron chi connectivity index (χ3n) is 3.10. The Kier molecular flexibility index (Phi) is 4.21. The first-order valence-electron chi connectivity index (χ1n) is 6.05. The van der Waals surface area contributed by atoms with Gasteiger partial charge in [-0.05, 0) is 49.2 Å². The quantitative estimate of drug-likeness (QED) is 0.810. The maximum absolute atomic E-state index is 12.3. The van der Waals surface area contributed by atoms with Crippen molar-refractivity contribution in [2.24, 2.45) is 0 Å². The zero-order valence-electron chi connectivity index (χ0n) is 11.4. The van der Waals surface area contributed by atoms with Gasteiger partial charge < -0.3 is 4.18 Å². The standard InChI is InChI=1S/C15H12ClNO3S/c1-10-4-3-5-15(11(10)2)20-21(18,19)13-7-6-12(9-17)14(16)8-13/h3-8H,1-2H3. The number of rotatable bonds is 3. The number of nitriles is 1. The van der Waals surface area contributed by atoms with Crippen molar-refractivity contribution in [2.75, 3.05) is 0 Å². The van der Waals surface area contributed by atoms with E-state index in [1.807, 2.05) is 19.1 Å². The average Bonchev–Trinajstić information content (AvgIpc) is 2.43. The predicted octanol–water partition coefficient (Wildman–Crippen LogP) is 3.60. The number of hydrogen-bond acceptors (Lipinski definition) is 4. The second-order valence-electron chi connectivity index (χ2n) is 4.49. The molecule has 0 aliphatic carbocycles. The van der Waals surface area contributed by atoms with Crippen molar-refractivity contribution in [1.82, 2.24) is 0 Å². The fourth-order valence-electron chi connectivity index (χ4n) is 1.72. The summed E-state index contributed by atoms with van der Waals surface area (Å²) in [6.45, 7) is 3.65.